The molecule has 0 saturated carbocycles. The molecule has 0 atom stereocenters. The fraction of sp³-hybridized carbons (Fsp3) is 0.400. The summed E-state index contributed by atoms with van der Waals surface area (Å²) in [7, 11) is 0. The van der Waals surface area contributed by atoms with Crippen LogP contribution in [0.4, 0.5) is 26.3 Å². The van der Waals surface area contributed by atoms with E-state index in [2.05, 4.69) is 25.8 Å². The van der Waals surface area contributed by atoms with E-state index < -0.39 is 49.9 Å². The van der Waals surface area contributed by atoms with Crippen LogP contribution in [0, 0.1) is 0 Å². The Kier molecular flexibility index (Phi) is 7.47. The lowest BCUT2D eigenvalue weighted by Gasteiger charge is -2.07. The number of hydrogen-bond donors (Lipinski definition) is 3. The number of amides is 2. The van der Waals surface area contributed by atoms with Crippen molar-refractivity contribution in [1.82, 2.24) is 25.8 Å². The number of alkyl halides is 6. The molecular formula is C20H19F6N5O3. The summed E-state index contributed by atoms with van der Waals surface area (Å²) in [4.78, 5) is 30.9. The zero-order valence-electron chi connectivity index (χ0n) is 17.4. The average Bonchev–Trinajstić information content (AvgIpc) is 3.38. The Bertz CT molecular complexity index is 1150. The molecule has 0 spiro atoms. The molecule has 0 bridgehead atoms. The van der Waals surface area contributed by atoms with Crippen molar-refractivity contribution in [2.45, 2.75) is 51.1 Å². The van der Waals surface area contributed by atoms with Crippen LogP contribution in [-0.4, -0.2) is 39.3 Å². The van der Waals surface area contributed by atoms with Crippen molar-refractivity contribution < 1.29 is 40.5 Å². The third kappa shape index (κ3) is 7.78. The van der Waals surface area contributed by atoms with Gasteiger partial charge in [0.05, 0.1) is 30.4 Å². The van der Waals surface area contributed by atoms with Gasteiger partial charge in [-0.15, -0.1) is 0 Å². The van der Waals surface area contributed by atoms with Crippen LogP contribution < -0.4 is 10.6 Å². The molecule has 8 nitrogen and oxygen atoms in total. The fourth-order valence-electron chi connectivity index (χ4n) is 2.90. The molecule has 2 heterocycles. The standard InChI is InChI=1S/C20H19F6N5O3/c21-19(22,23)5-3-12-8-15(31-34-12)18(33)28-10-16-29-13-2-1-11(7-14(13)30-16)9-27-17(32)4-6-20(24,25)26/h1-2,7-8H,3-6,9-10H2,(H,27,32)(H,28,33)(H,29,30). The van der Waals surface area contributed by atoms with Crippen LogP contribution in [0.15, 0.2) is 28.8 Å². The average molecular weight is 491 g/mol. The molecule has 0 saturated heterocycles. The first-order valence-electron chi connectivity index (χ1n) is 9.99. The van der Waals surface area contributed by atoms with E-state index in [-0.39, 0.29) is 24.5 Å². The molecule has 1 aromatic carbocycles. The number of aryl methyl sites for hydroxylation is 1. The number of H-pyrrole nitrogens is 1. The molecule has 3 aromatic rings. The van der Waals surface area contributed by atoms with E-state index in [0.29, 0.717) is 22.4 Å². The molecule has 2 aromatic heterocycles. The minimum atomic E-state index is -4.40. The number of nitrogens with zero attached hydrogens (tertiary/aromatic N) is 2. The number of nitrogens with one attached hydrogen (secondary N) is 3. The molecule has 34 heavy (non-hydrogen) atoms. The molecule has 0 aliphatic carbocycles. The van der Waals surface area contributed by atoms with E-state index in [1.807, 2.05) is 0 Å². The summed E-state index contributed by atoms with van der Waals surface area (Å²) in [5.74, 6) is -1.08. The van der Waals surface area contributed by atoms with Crippen LogP contribution >= 0.6 is 0 Å². The molecule has 2 amide bonds. The number of aromatic nitrogens is 3. The lowest BCUT2D eigenvalue weighted by Crippen LogP contribution is -2.24. The summed E-state index contributed by atoms with van der Waals surface area (Å²) in [6.45, 7) is -0.0116. The number of carbonyl (C=O) groups is 2. The van der Waals surface area contributed by atoms with E-state index in [1.54, 1.807) is 18.2 Å². The van der Waals surface area contributed by atoms with Gasteiger partial charge in [-0.2, -0.15) is 26.3 Å². The molecule has 3 N–H and O–H groups in total. The molecule has 14 heteroatoms. The maximum Gasteiger partial charge on any atom is 0.389 e. The zero-order chi connectivity index (χ0) is 24.9. The highest BCUT2D eigenvalue weighted by Crippen LogP contribution is 2.23. The van der Waals surface area contributed by atoms with E-state index in [9.17, 15) is 35.9 Å². The van der Waals surface area contributed by atoms with Crippen molar-refractivity contribution in [3.63, 3.8) is 0 Å². The molecule has 184 valence electrons. The van der Waals surface area contributed by atoms with Crippen LogP contribution in [0.1, 0.15) is 46.9 Å². The number of aromatic amines is 1. The number of benzene rings is 1. The smallest absolute Gasteiger partial charge is 0.361 e. The normalized spacial score (nSPS) is 12.2. The first kappa shape index (κ1) is 25.1. The Labute approximate surface area is 188 Å². The van der Waals surface area contributed by atoms with Gasteiger partial charge in [-0.1, -0.05) is 11.2 Å². The van der Waals surface area contributed by atoms with Crippen LogP contribution in [0.3, 0.4) is 0 Å². The molecule has 0 radical (unpaired) electrons. The number of rotatable bonds is 9. The second-order valence-corrected chi connectivity index (χ2v) is 7.40. The van der Waals surface area contributed by atoms with Crippen molar-refractivity contribution in [2.24, 2.45) is 0 Å². The Morgan fingerprint density at radius 2 is 1.71 bits per heavy atom. The first-order chi connectivity index (χ1) is 15.9. The van der Waals surface area contributed by atoms with Crippen LogP contribution in [0.2, 0.25) is 0 Å². The summed E-state index contributed by atoms with van der Waals surface area (Å²) in [5.41, 5.74) is 1.58. The summed E-state index contributed by atoms with van der Waals surface area (Å²) in [5, 5.41) is 8.39. The maximum atomic E-state index is 12.3. The Morgan fingerprint density at radius 1 is 0.971 bits per heavy atom. The van der Waals surface area contributed by atoms with Crippen molar-refractivity contribution in [3.05, 3.63) is 47.1 Å². The summed E-state index contributed by atoms with van der Waals surface area (Å²) >= 11 is 0. The Balaban J connectivity index is 1.51. The van der Waals surface area contributed by atoms with E-state index in [4.69, 9.17) is 4.52 Å². The van der Waals surface area contributed by atoms with Gasteiger partial charge >= 0.3 is 12.4 Å². The quantitative estimate of drug-likeness (QED) is 0.393. The second kappa shape index (κ2) is 10.1. The molecule has 0 unspecified atom stereocenters. The van der Waals surface area contributed by atoms with E-state index in [1.165, 1.54) is 0 Å². The number of halogens is 6. The number of imidazole rings is 1. The van der Waals surface area contributed by atoms with Crippen molar-refractivity contribution >= 4 is 22.8 Å². The maximum absolute atomic E-state index is 12.3. The van der Waals surface area contributed by atoms with Gasteiger partial charge in [0.25, 0.3) is 5.91 Å². The lowest BCUT2D eigenvalue weighted by molar-refractivity contribution is -0.144. The van der Waals surface area contributed by atoms with Crippen LogP contribution in [-0.2, 0) is 24.3 Å². The van der Waals surface area contributed by atoms with Crippen LogP contribution in [0.5, 0.6) is 0 Å². The predicted octanol–water partition coefficient (Wildman–Crippen LogP) is 3.93. The zero-order valence-corrected chi connectivity index (χ0v) is 17.4. The van der Waals surface area contributed by atoms with Crippen molar-refractivity contribution in [3.8, 4) is 0 Å². The minimum absolute atomic E-state index is 0.0283. The second-order valence-electron chi connectivity index (χ2n) is 7.40. The number of carbonyl (C=O) groups excluding carboxylic acids is 2. The summed E-state index contributed by atoms with van der Waals surface area (Å²) < 4.78 is 78.1. The fourth-order valence-corrected chi connectivity index (χ4v) is 2.90. The van der Waals surface area contributed by atoms with Gasteiger partial charge in [0.2, 0.25) is 5.91 Å². The van der Waals surface area contributed by atoms with Gasteiger partial charge in [0, 0.05) is 25.5 Å². The minimum Gasteiger partial charge on any atom is -0.361 e. The number of fused-ring (bicyclic) bond motifs is 1. The van der Waals surface area contributed by atoms with E-state index >= 15 is 0 Å². The van der Waals surface area contributed by atoms with Gasteiger partial charge < -0.3 is 20.1 Å². The summed E-state index contributed by atoms with van der Waals surface area (Å²) in [6, 6.07) is 6.07. The monoisotopic (exact) mass is 491 g/mol. The van der Waals surface area contributed by atoms with Gasteiger partial charge in [0.1, 0.15) is 11.6 Å². The predicted molar refractivity (Wildman–Crippen MR) is 105 cm³/mol. The third-order valence-corrected chi connectivity index (χ3v) is 4.58. The summed E-state index contributed by atoms with van der Waals surface area (Å²) in [6.07, 6.45) is -12.1. The highest BCUT2D eigenvalue weighted by Gasteiger charge is 2.28. The number of hydrogen-bond acceptors (Lipinski definition) is 5. The molecular weight excluding hydrogens is 472 g/mol. The van der Waals surface area contributed by atoms with Crippen molar-refractivity contribution in [2.75, 3.05) is 0 Å². The van der Waals surface area contributed by atoms with E-state index in [0.717, 1.165) is 6.07 Å². The highest BCUT2D eigenvalue weighted by atomic mass is 19.4. The van der Waals surface area contributed by atoms with Crippen molar-refractivity contribution in [1.29, 1.82) is 0 Å². The molecule has 0 aliphatic rings. The van der Waals surface area contributed by atoms with Gasteiger partial charge in [0.15, 0.2) is 5.69 Å². The highest BCUT2D eigenvalue weighted by molar-refractivity contribution is 5.92. The SMILES string of the molecule is O=C(CCC(F)(F)F)NCc1ccc2nc(CNC(=O)c3cc(CCC(F)(F)F)on3)[nH]c2c1. The molecule has 3 rings (SSSR count). The Morgan fingerprint density at radius 3 is 2.41 bits per heavy atom. The molecule has 0 aliphatic heterocycles. The largest absolute Gasteiger partial charge is 0.389 e. The van der Waals surface area contributed by atoms with Gasteiger partial charge in [-0.25, -0.2) is 4.98 Å². The first-order valence-corrected chi connectivity index (χ1v) is 9.99. The lowest BCUT2D eigenvalue weighted by atomic mass is 10.2. The Hall–Kier alpha value is -3.58. The molecule has 0 fully saturated rings. The third-order valence-electron chi connectivity index (χ3n) is 4.58. The van der Waals surface area contributed by atoms with Gasteiger partial charge in [-0.3, -0.25) is 9.59 Å². The van der Waals surface area contributed by atoms with Gasteiger partial charge in [-0.05, 0) is 17.7 Å². The topological polar surface area (TPSA) is 113 Å². The van der Waals surface area contributed by atoms with Crippen LogP contribution in [0.25, 0.3) is 11.0 Å².